The van der Waals surface area contributed by atoms with Gasteiger partial charge in [0.1, 0.15) is 17.2 Å². The zero-order valence-corrected chi connectivity index (χ0v) is 15.8. The molecule has 0 fully saturated rings. The van der Waals surface area contributed by atoms with Crippen molar-refractivity contribution in [2.75, 3.05) is 0 Å². The lowest BCUT2D eigenvalue weighted by Gasteiger charge is -2.32. The number of thioether (sulfide) groups is 1. The summed E-state index contributed by atoms with van der Waals surface area (Å²) in [6.45, 7) is 13.2. The third-order valence-electron chi connectivity index (χ3n) is 2.34. The molecule has 8 heteroatoms. The lowest BCUT2D eigenvalue weighted by molar-refractivity contribution is -0.140. The van der Waals surface area contributed by atoms with E-state index in [0.29, 0.717) is 11.8 Å². The highest BCUT2D eigenvalue weighted by atomic mass is 32.2. The van der Waals surface area contributed by atoms with Gasteiger partial charge in [-0.05, 0) is 67.2 Å². The first-order chi connectivity index (χ1) is 10.0. The van der Waals surface area contributed by atoms with E-state index in [-0.39, 0.29) is 0 Å². The number of hydrogen-bond acceptors (Lipinski definition) is 6. The van der Waals surface area contributed by atoms with Crippen LogP contribution in [0.15, 0.2) is 0 Å². The fourth-order valence-corrected chi connectivity index (χ4v) is 2.50. The number of amides is 1. The smallest absolute Gasteiger partial charge is 0.408 e. The van der Waals surface area contributed by atoms with Crippen LogP contribution in [0.4, 0.5) is 9.59 Å². The molecule has 2 N–H and O–H groups in total. The van der Waals surface area contributed by atoms with E-state index in [1.165, 1.54) is 13.8 Å². The molecule has 134 valence electrons. The van der Waals surface area contributed by atoms with Gasteiger partial charge in [0.05, 0.1) is 4.75 Å². The molecule has 0 bridgehead atoms. The Hall–Kier alpha value is -1.44. The highest BCUT2D eigenvalue weighted by Gasteiger charge is 2.41. The minimum absolute atomic E-state index is 0.611. The van der Waals surface area contributed by atoms with Crippen LogP contribution < -0.4 is 5.32 Å². The SMILES string of the molecule is CC(C)(C)OC(=O)N[C@@H](C(=O)O)C(C)(C)SC(=O)OC(C)(C)C. The number of alkyl carbamates (subject to hydrolysis) is 1. The number of carbonyl (C=O) groups is 3. The van der Waals surface area contributed by atoms with E-state index in [9.17, 15) is 19.5 Å². The van der Waals surface area contributed by atoms with Crippen LogP contribution in [-0.2, 0) is 14.3 Å². The Labute approximate surface area is 141 Å². The van der Waals surface area contributed by atoms with E-state index in [1.54, 1.807) is 41.5 Å². The summed E-state index contributed by atoms with van der Waals surface area (Å²) in [5.74, 6) is -1.27. The van der Waals surface area contributed by atoms with E-state index in [0.717, 1.165) is 0 Å². The van der Waals surface area contributed by atoms with E-state index < -0.39 is 39.4 Å². The summed E-state index contributed by atoms with van der Waals surface area (Å²) < 4.78 is 9.10. The van der Waals surface area contributed by atoms with Gasteiger partial charge in [-0.15, -0.1) is 0 Å². The van der Waals surface area contributed by atoms with Gasteiger partial charge in [0.15, 0.2) is 0 Å². The van der Waals surface area contributed by atoms with E-state index in [4.69, 9.17) is 9.47 Å². The van der Waals surface area contributed by atoms with Gasteiger partial charge < -0.3 is 19.9 Å². The zero-order chi connectivity index (χ0) is 18.6. The molecule has 0 aromatic heterocycles. The number of hydrogen-bond donors (Lipinski definition) is 2. The quantitative estimate of drug-likeness (QED) is 0.750. The molecular formula is C15H27NO6S. The summed E-state index contributed by atoms with van der Waals surface area (Å²) in [5, 5.41) is 11.0. The fourth-order valence-electron chi connectivity index (χ4n) is 1.50. The van der Waals surface area contributed by atoms with Crippen LogP contribution in [-0.4, -0.2) is 44.5 Å². The van der Waals surface area contributed by atoms with Gasteiger partial charge in [0, 0.05) is 0 Å². The van der Waals surface area contributed by atoms with Gasteiger partial charge in [-0.2, -0.15) is 0 Å². The average Bonchev–Trinajstić information content (AvgIpc) is 2.18. The Bertz CT molecular complexity index is 462. The largest absolute Gasteiger partial charge is 0.480 e. The normalized spacial score (nSPS) is 13.9. The second kappa shape index (κ2) is 7.42. The number of carbonyl (C=O) groups excluding carboxylic acids is 2. The number of ether oxygens (including phenoxy) is 2. The van der Waals surface area contributed by atoms with Crippen LogP contribution in [0.5, 0.6) is 0 Å². The van der Waals surface area contributed by atoms with Crippen molar-refractivity contribution >= 4 is 29.1 Å². The first kappa shape index (κ1) is 21.6. The van der Waals surface area contributed by atoms with Crippen molar-refractivity contribution in [1.29, 1.82) is 0 Å². The molecule has 0 aliphatic heterocycles. The molecule has 0 aliphatic rings. The zero-order valence-electron chi connectivity index (χ0n) is 15.0. The van der Waals surface area contributed by atoms with E-state index in [1.807, 2.05) is 0 Å². The molecule has 0 unspecified atom stereocenters. The lowest BCUT2D eigenvalue weighted by Crippen LogP contribution is -2.54. The number of nitrogens with one attached hydrogen (secondary N) is 1. The molecule has 0 spiro atoms. The summed E-state index contributed by atoms with van der Waals surface area (Å²) in [5.41, 5.74) is -1.44. The molecule has 23 heavy (non-hydrogen) atoms. The first-order valence-electron chi connectivity index (χ1n) is 7.18. The molecular weight excluding hydrogens is 322 g/mol. The first-order valence-corrected chi connectivity index (χ1v) is 7.99. The van der Waals surface area contributed by atoms with Crippen LogP contribution in [0, 0.1) is 0 Å². The monoisotopic (exact) mass is 349 g/mol. The molecule has 0 heterocycles. The fraction of sp³-hybridized carbons (Fsp3) is 0.800. The number of carboxylic acid groups (broad SMARTS) is 1. The molecule has 0 aliphatic carbocycles. The van der Waals surface area contributed by atoms with E-state index >= 15 is 0 Å². The highest BCUT2D eigenvalue weighted by Crippen LogP contribution is 2.31. The molecule has 0 aromatic rings. The minimum atomic E-state index is -1.32. The molecule has 1 atom stereocenters. The number of carboxylic acids is 1. The molecule has 0 saturated carbocycles. The Balaban J connectivity index is 5.02. The predicted octanol–water partition coefficient (Wildman–Crippen LogP) is 3.41. The van der Waals surface area contributed by atoms with Crippen molar-refractivity contribution in [3.05, 3.63) is 0 Å². The molecule has 0 aromatic carbocycles. The van der Waals surface area contributed by atoms with Crippen molar-refractivity contribution in [2.24, 2.45) is 0 Å². The Morgan fingerprint density at radius 3 is 1.70 bits per heavy atom. The third kappa shape index (κ3) is 9.32. The molecule has 0 rings (SSSR count). The van der Waals surface area contributed by atoms with E-state index in [2.05, 4.69) is 5.32 Å². The lowest BCUT2D eigenvalue weighted by atomic mass is 10.0. The number of aliphatic carboxylic acids is 1. The maximum Gasteiger partial charge on any atom is 0.408 e. The van der Waals surface area contributed by atoms with Crippen molar-refractivity contribution in [2.45, 2.75) is 77.4 Å². The van der Waals surface area contributed by atoms with Gasteiger partial charge in [0.25, 0.3) is 0 Å². The minimum Gasteiger partial charge on any atom is -0.480 e. The predicted molar refractivity (Wildman–Crippen MR) is 88.7 cm³/mol. The van der Waals surface area contributed by atoms with Crippen LogP contribution >= 0.6 is 11.8 Å². The Morgan fingerprint density at radius 1 is 0.913 bits per heavy atom. The van der Waals surface area contributed by atoms with Gasteiger partial charge in [0.2, 0.25) is 0 Å². The van der Waals surface area contributed by atoms with Crippen molar-refractivity contribution in [3.63, 3.8) is 0 Å². The van der Waals surface area contributed by atoms with Gasteiger partial charge in [-0.25, -0.2) is 14.4 Å². The van der Waals surface area contributed by atoms with Crippen LogP contribution in [0.1, 0.15) is 55.4 Å². The summed E-state index contributed by atoms with van der Waals surface area (Å²) in [7, 11) is 0. The third-order valence-corrected chi connectivity index (χ3v) is 3.35. The van der Waals surface area contributed by atoms with Gasteiger partial charge in [-0.3, -0.25) is 0 Å². The second-order valence-electron chi connectivity index (χ2n) is 7.59. The Kier molecular flexibility index (Phi) is 6.96. The second-order valence-corrected chi connectivity index (χ2v) is 9.18. The van der Waals surface area contributed by atoms with Gasteiger partial charge in [-0.1, -0.05) is 0 Å². The topological polar surface area (TPSA) is 102 Å². The summed E-state index contributed by atoms with van der Waals surface area (Å²) >= 11 is 0.713. The molecule has 7 nitrogen and oxygen atoms in total. The molecule has 1 amide bonds. The van der Waals surface area contributed by atoms with Crippen LogP contribution in [0.25, 0.3) is 0 Å². The summed E-state index contributed by atoms with van der Waals surface area (Å²) in [6, 6.07) is -1.32. The number of rotatable bonds is 4. The maximum absolute atomic E-state index is 11.9. The van der Waals surface area contributed by atoms with Crippen LogP contribution in [0.3, 0.4) is 0 Å². The molecule has 0 radical (unpaired) electrons. The van der Waals surface area contributed by atoms with Crippen LogP contribution in [0.2, 0.25) is 0 Å². The standard InChI is InChI=1S/C15H27NO6S/c1-13(2,3)21-11(19)16-9(10(17)18)15(7,8)23-12(20)22-14(4,5)6/h9H,1-8H3,(H,16,19)(H,17,18)/t9-/m0/s1. The summed E-state index contributed by atoms with van der Waals surface area (Å²) in [4.78, 5) is 35.2. The highest BCUT2D eigenvalue weighted by molar-refractivity contribution is 8.14. The van der Waals surface area contributed by atoms with Gasteiger partial charge >= 0.3 is 17.4 Å². The van der Waals surface area contributed by atoms with Crippen molar-refractivity contribution in [3.8, 4) is 0 Å². The van der Waals surface area contributed by atoms with Crippen molar-refractivity contribution < 1.29 is 29.0 Å². The average molecular weight is 349 g/mol. The molecule has 0 saturated heterocycles. The Morgan fingerprint density at radius 2 is 1.35 bits per heavy atom. The summed E-state index contributed by atoms with van der Waals surface area (Å²) in [6.07, 6.45) is -0.859. The van der Waals surface area contributed by atoms with Crippen molar-refractivity contribution in [1.82, 2.24) is 5.32 Å². The maximum atomic E-state index is 11.9.